The Balaban J connectivity index is 2.65. The van der Waals surface area contributed by atoms with Gasteiger partial charge in [0.2, 0.25) is 5.91 Å². The summed E-state index contributed by atoms with van der Waals surface area (Å²) in [6.45, 7) is 11.1. The lowest BCUT2D eigenvalue weighted by atomic mass is 9.88. The molecule has 15 heavy (non-hydrogen) atoms. The third kappa shape index (κ3) is 2.81. The summed E-state index contributed by atoms with van der Waals surface area (Å²) in [6, 6.07) is 0. The van der Waals surface area contributed by atoms with E-state index in [4.69, 9.17) is 0 Å². The van der Waals surface area contributed by atoms with Crippen molar-refractivity contribution in [2.75, 3.05) is 26.2 Å². The van der Waals surface area contributed by atoms with Crippen LogP contribution in [0.2, 0.25) is 0 Å². The SMILES string of the molecule is C=CCN(CCC)C(=O)C1(C)CCNC1. The molecule has 1 heterocycles. The van der Waals surface area contributed by atoms with E-state index in [9.17, 15) is 4.79 Å². The van der Waals surface area contributed by atoms with Gasteiger partial charge in [0.25, 0.3) is 0 Å². The fourth-order valence-corrected chi connectivity index (χ4v) is 2.08. The van der Waals surface area contributed by atoms with Gasteiger partial charge < -0.3 is 10.2 Å². The summed E-state index contributed by atoms with van der Waals surface area (Å²) in [5, 5.41) is 3.26. The first-order valence-corrected chi connectivity index (χ1v) is 5.75. The average molecular weight is 210 g/mol. The molecule has 0 radical (unpaired) electrons. The van der Waals surface area contributed by atoms with Crippen LogP contribution in [0.4, 0.5) is 0 Å². The highest BCUT2D eigenvalue weighted by Gasteiger charge is 2.38. The van der Waals surface area contributed by atoms with Crippen molar-refractivity contribution in [2.24, 2.45) is 5.41 Å². The predicted octanol–water partition coefficient (Wildman–Crippen LogP) is 1.41. The van der Waals surface area contributed by atoms with E-state index in [2.05, 4.69) is 25.7 Å². The van der Waals surface area contributed by atoms with Crippen molar-refractivity contribution in [1.29, 1.82) is 0 Å². The summed E-state index contributed by atoms with van der Waals surface area (Å²) >= 11 is 0. The predicted molar refractivity (Wildman–Crippen MR) is 62.7 cm³/mol. The van der Waals surface area contributed by atoms with E-state index in [1.54, 1.807) is 6.08 Å². The highest BCUT2D eigenvalue weighted by Crippen LogP contribution is 2.27. The largest absolute Gasteiger partial charge is 0.338 e. The molecule has 1 aliphatic heterocycles. The van der Waals surface area contributed by atoms with Crippen LogP contribution in [0.25, 0.3) is 0 Å². The van der Waals surface area contributed by atoms with Gasteiger partial charge >= 0.3 is 0 Å². The summed E-state index contributed by atoms with van der Waals surface area (Å²) < 4.78 is 0. The molecule has 1 fully saturated rings. The summed E-state index contributed by atoms with van der Waals surface area (Å²) in [5.74, 6) is 0.272. The lowest BCUT2D eigenvalue weighted by Gasteiger charge is -2.30. The Morgan fingerprint density at radius 3 is 2.87 bits per heavy atom. The highest BCUT2D eigenvalue weighted by atomic mass is 16.2. The molecular formula is C12H22N2O. The quantitative estimate of drug-likeness (QED) is 0.696. The molecule has 1 N–H and O–H groups in total. The normalized spacial score (nSPS) is 25.2. The zero-order valence-electron chi connectivity index (χ0n) is 9.88. The van der Waals surface area contributed by atoms with E-state index in [0.717, 1.165) is 32.5 Å². The van der Waals surface area contributed by atoms with Crippen LogP contribution < -0.4 is 5.32 Å². The molecule has 0 aromatic carbocycles. The van der Waals surface area contributed by atoms with Gasteiger partial charge in [0.15, 0.2) is 0 Å². The van der Waals surface area contributed by atoms with Crippen molar-refractivity contribution in [3.05, 3.63) is 12.7 Å². The van der Waals surface area contributed by atoms with E-state index < -0.39 is 0 Å². The molecule has 1 amide bonds. The number of rotatable bonds is 5. The molecular weight excluding hydrogens is 188 g/mol. The van der Waals surface area contributed by atoms with Crippen LogP contribution in [0.5, 0.6) is 0 Å². The minimum atomic E-state index is -0.196. The second-order valence-corrected chi connectivity index (χ2v) is 4.53. The number of carbonyl (C=O) groups is 1. The van der Waals surface area contributed by atoms with Crippen LogP contribution in [-0.2, 0) is 4.79 Å². The van der Waals surface area contributed by atoms with Gasteiger partial charge in [-0.3, -0.25) is 4.79 Å². The molecule has 1 saturated heterocycles. The lowest BCUT2D eigenvalue weighted by molar-refractivity contribution is -0.139. The van der Waals surface area contributed by atoms with E-state index >= 15 is 0 Å². The fraction of sp³-hybridized carbons (Fsp3) is 0.750. The zero-order chi connectivity index (χ0) is 11.3. The van der Waals surface area contributed by atoms with Crippen LogP contribution in [0.3, 0.4) is 0 Å². The Morgan fingerprint density at radius 2 is 2.40 bits per heavy atom. The van der Waals surface area contributed by atoms with Gasteiger partial charge in [-0.25, -0.2) is 0 Å². The maximum Gasteiger partial charge on any atom is 0.230 e. The Labute approximate surface area is 92.5 Å². The Kier molecular flexibility index (Phi) is 4.33. The lowest BCUT2D eigenvalue weighted by Crippen LogP contribution is -2.44. The monoisotopic (exact) mass is 210 g/mol. The van der Waals surface area contributed by atoms with E-state index in [0.29, 0.717) is 6.54 Å². The highest BCUT2D eigenvalue weighted by molar-refractivity contribution is 5.83. The standard InChI is InChI=1S/C12H22N2O/c1-4-8-14(9-5-2)11(15)12(3)6-7-13-10-12/h4,13H,1,5-10H2,2-3H3. The maximum atomic E-state index is 12.3. The molecule has 1 aliphatic rings. The van der Waals surface area contributed by atoms with Gasteiger partial charge in [-0.05, 0) is 26.3 Å². The minimum Gasteiger partial charge on any atom is -0.338 e. The van der Waals surface area contributed by atoms with E-state index in [-0.39, 0.29) is 11.3 Å². The number of carbonyl (C=O) groups excluding carboxylic acids is 1. The number of hydrogen-bond donors (Lipinski definition) is 1. The van der Waals surface area contributed by atoms with E-state index in [1.165, 1.54) is 0 Å². The van der Waals surface area contributed by atoms with Crippen LogP contribution in [0.15, 0.2) is 12.7 Å². The molecule has 0 aromatic heterocycles. The molecule has 0 aromatic rings. The van der Waals surface area contributed by atoms with Gasteiger partial charge in [-0.2, -0.15) is 0 Å². The first kappa shape index (κ1) is 12.2. The molecule has 3 nitrogen and oxygen atoms in total. The molecule has 1 unspecified atom stereocenters. The first-order valence-electron chi connectivity index (χ1n) is 5.75. The van der Waals surface area contributed by atoms with Crippen molar-refractivity contribution < 1.29 is 4.79 Å². The van der Waals surface area contributed by atoms with Gasteiger partial charge in [0.05, 0.1) is 5.41 Å². The molecule has 0 aliphatic carbocycles. The van der Waals surface area contributed by atoms with Crippen molar-refractivity contribution >= 4 is 5.91 Å². The summed E-state index contributed by atoms with van der Waals surface area (Å²) in [6.07, 6.45) is 3.76. The molecule has 0 spiro atoms. The Hall–Kier alpha value is -0.830. The van der Waals surface area contributed by atoms with Crippen LogP contribution in [0.1, 0.15) is 26.7 Å². The van der Waals surface area contributed by atoms with Gasteiger partial charge in [-0.15, -0.1) is 6.58 Å². The fourth-order valence-electron chi connectivity index (χ4n) is 2.08. The smallest absolute Gasteiger partial charge is 0.230 e. The van der Waals surface area contributed by atoms with Crippen molar-refractivity contribution in [3.8, 4) is 0 Å². The van der Waals surface area contributed by atoms with Gasteiger partial charge in [0.1, 0.15) is 0 Å². The van der Waals surface area contributed by atoms with Crippen LogP contribution >= 0.6 is 0 Å². The second-order valence-electron chi connectivity index (χ2n) is 4.53. The molecule has 0 saturated carbocycles. The van der Waals surface area contributed by atoms with E-state index in [1.807, 2.05) is 4.90 Å². The third-order valence-electron chi connectivity index (χ3n) is 3.02. The Morgan fingerprint density at radius 1 is 1.67 bits per heavy atom. The average Bonchev–Trinajstić information content (AvgIpc) is 2.65. The molecule has 0 bridgehead atoms. The maximum absolute atomic E-state index is 12.3. The summed E-state index contributed by atoms with van der Waals surface area (Å²) in [7, 11) is 0. The molecule has 1 rings (SSSR count). The van der Waals surface area contributed by atoms with Crippen LogP contribution in [-0.4, -0.2) is 37.0 Å². The topological polar surface area (TPSA) is 32.3 Å². The third-order valence-corrected chi connectivity index (χ3v) is 3.02. The Bertz CT molecular complexity index is 232. The number of amides is 1. The van der Waals surface area contributed by atoms with Gasteiger partial charge in [0, 0.05) is 19.6 Å². The van der Waals surface area contributed by atoms with Crippen molar-refractivity contribution in [2.45, 2.75) is 26.7 Å². The minimum absolute atomic E-state index is 0.196. The second kappa shape index (κ2) is 5.31. The zero-order valence-corrected chi connectivity index (χ0v) is 9.88. The number of hydrogen-bond acceptors (Lipinski definition) is 2. The number of nitrogens with one attached hydrogen (secondary N) is 1. The summed E-state index contributed by atoms with van der Waals surface area (Å²) in [5.41, 5.74) is -0.196. The van der Waals surface area contributed by atoms with Crippen LogP contribution in [0, 0.1) is 5.41 Å². The first-order chi connectivity index (χ1) is 7.14. The van der Waals surface area contributed by atoms with Crippen molar-refractivity contribution in [1.82, 2.24) is 10.2 Å². The molecule has 3 heteroatoms. The van der Waals surface area contributed by atoms with Crippen molar-refractivity contribution in [3.63, 3.8) is 0 Å². The molecule has 86 valence electrons. The summed E-state index contributed by atoms with van der Waals surface area (Å²) in [4.78, 5) is 14.2. The van der Waals surface area contributed by atoms with Gasteiger partial charge in [-0.1, -0.05) is 13.0 Å². The molecule has 1 atom stereocenters. The number of nitrogens with zero attached hydrogens (tertiary/aromatic N) is 1.